The Morgan fingerprint density at radius 3 is 3.00 bits per heavy atom. The molecule has 1 unspecified atom stereocenters. The second kappa shape index (κ2) is 7.13. The van der Waals surface area contributed by atoms with Gasteiger partial charge < -0.3 is 14.2 Å². The van der Waals surface area contributed by atoms with Gasteiger partial charge in [0.25, 0.3) is 0 Å². The van der Waals surface area contributed by atoms with E-state index in [2.05, 4.69) is 9.97 Å². The summed E-state index contributed by atoms with van der Waals surface area (Å²) < 4.78 is 5.80. The minimum atomic E-state index is -0.285. The smallest absolute Gasteiger partial charge is 0.228 e. The van der Waals surface area contributed by atoms with Gasteiger partial charge in [-0.25, -0.2) is 4.98 Å². The Hall–Kier alpha value is -2.70. The molecule has 27 heavy (non-hydrogen) atoms. The summed E-state index contributed by atoms with van der Waals surface area (Å²) in [6.45, 7) is 6.14. The molecular weight excluding hydrogens is 344 g/mol. The average molecular weight is 368 g/mol. The zero-order chi connectivity index (χ0) is 19.0. The molecule has 0 aliphatic carbocycles. The first-order chi connectivity index (χ1) is 13.0. The highest BCUT2D eigenvalue weighted by molar-refractivity contribution is 5.89. The molecule has 0 radical (unpaired) electrons. The summed E-state index contributed by atoms with van der Waals surface area (Å²) in [5.74, 6) is 1.63. The van der Waals surface area contributed by atoms with Gasteiger partial charge in [0.2, 0.25) is 11.8 Å². The number of carbonyl (C=O) groups is 2. The summed E-state index contributed by atoms with van der Waals surface area (Å²) in [7, 11) is 0. The number of pyridine rings is 1. The Labute approximate surface area is 158 Å². The molecule has 2 aliphatic heterocycles. The quantitative estimate of drug-likeness (QED) is 0.826. The number of hydrogen-bond acceptors (Lipinski definition) is 5. The first kappa shape index (κ1) is 17.7. The van der Waals surface area contributed by atoms with Gasteiger partial charge in [-0.15, -0.1) is 0 Å². The Morgan fingerprint density at radius 1 is 1.41 bits per heavy atom. The minimum absolute atomic E-state index is 0.0263. The van der Waals surface area contributed by atoms with Crippen LogP contribution >= 0.6 is 0 Å². The zero-order valence-electron chi connectivity index (χ0n) is 15.7. The van der Waals surface area contributed by atoms with Crippen LogP contribution in [0.5, 0.6) is 0 Å². The Bertz CT molecular complexity index is 846. The number of aromatic nitrogens is 2. The van der Waals surface area contributed by atoms with E-state index in [1.807, 2.05) is 30.9 Å². The summed E-state index contributed by atoms with van der Waals surface area (Å²) in [5.41, 5.74) is 1.83. The number of fused-ring (bicyclic) bond motifs is 1. The molecule has 4 heterocycles. The van der Waals surface area contributed by atoms with Crippen molar-refractivity contribution in [3.05, 3.63) is 47.4 Å². The molecule has 1 fully saturated rings. The van der Waals surface area contributed by atoms with Gasteiger partial charge in [-0.3, -0.25) is 14.6 Å². The highest BCUT2D eigenvalue weighted by atomic mass is 16.4. The van der Waals surface area contributed by atoms with Crippen molar-refractivity contribution in [3.8, 4) is 0 Å². The molecule has 142 valence electrons. The standard InChI is InChI=1S/C20H24N4O3/c1-13(2)19-22-16-12-23(7-5-17(16)27-19)20(26)15-8-18(25)24(11-15)10-14-4-3-6-21-9-14/h3-4,6,9,13,15H,5,7-8,10-12H2,1-2H3. The fourth-order valence-corrected chi connectivity index (χ4v) is 3.71. The van der Waals surface area contributed by atoms with Crippen molar-refractivity contribution >= 4 is 11.8 Å². The number of likely N-dealkylation sites (tertiary alicyclic amines) is 1. The van der Waals surface area contributed by atoms with Crippen molar-refractivity contribution in [2.75, 3.05) is 13.1 Å². The highest BCUT2D eigenvalue weighted by Gasteiger charge is 2.38. The second-order valence-corrected chi connectivity index (χ2v) is 7.62. The summed E-state index contributed by atoms with van der Waals surface area (Å²) in [6.07, 6.45) is 4.42. The molecule has 2 aliphatic rings. The molecule has 1 saturated heterocycles. The van der Waals surface area contributed by atoms with Crippen LogP contribution in [0.1, 0.15) is 49.1 Å². The van der Waals surface area contributed by atoms with E-state index in [-0.39, 0.29) is 30.1 Å². The number of hydrogen-bond donors (Lipinski definition) is 0. The van der Waals surface area contributed by atoms with E-state index in [4.69, 9.17) is 4.42 Å². The maximum absolute atomic E-state index is 13.0. The monoisotopic (exact) mass is 368 g/mol. The van der Waals surface area contributed by atoms with Gasteiger partial charge in [-0.05, 0) is 11.6 Å². The van der Waals surface area contributed by atoms with Crippen LogP contribution in [0.2, 0.25) is 0 Å². The average Bonchev–Trinajstić information content (AvgIpc) is 3.25. The lowest BCUT2D eigenvalue weighted by atomic mass is 10.0. The lowest BCUT2D eigenvalue weighted by Crippen LogP contribution is -2.40. The molecule has 2 aromatic rings. The first-order valence-corrected chi connectivity index (χ1v) is 9.45. The van der Waals surface area contributed by atoms with Crippen molar-refractivity contribution in [3.63, 3.8) is 0 Å². The predicted molar refractivity (Wildman–Crippen MR) is 97.5 cm³/mol. The molecule has 0 bridgehead atoms. The number of oxazole rings is 1. The van der Waals surface area contributed by atoms with Gasteiger partial charge >= 0.3 is 0 Å². The molecule has 0 spiro atoms. The Morgan fingerprint density at radius 2 is 2.26 bits per heavy atom. The van der Waals surface area contributed by atoms with Crippen LogP contribution in [0.3, 0.4) is 0 Å². The first-order valence-electron chi connectivity index (χ1n) is 9.45. The summed E-state index contributed by atoms with van der Waals surface area (Å²) in [4.78, 5) is 37.5. The van der Waals surface area contributed by atoms with Crippen molar-refractivity contribution in [2.24, 2.45) is 5.92 Å². The SMILES string of the molecule is CC(C)c1nc2c(o1)CCN(C(=O)C1CC(=O)N(Cc3cccnc3)C1)C2. The van der Waals surface area contributed by atoms with E-state index >= 15 is 0 Å². The summed E-state index contributed by atoms with van der Waals surface area (Å²) >= 11 is 0. The van der Waals surface area contributed by atoms with E-state index in [1.165, 1.54) is 0 Å². The van der Waals surface area contributed by atoms with Gasteiger partial charge in [0, 0.05) is 50.8 Å². The van der Waals surface area contributed by atoms with Crippen LogP contribution in [-0.4, -0.2) is 44.7 Å². The van der Waals surface area contributed by atoms with E-state index in [1.54, 1.807) is 17.3 Å². The molecule has 7 nitrogen and oxygen atoms in total. The maximum atomic E-state index is 13.0. The van der Waals surface area contributed by atoms with Gasteiger partial charge in [0.05, 0.1) is 12.5 Å². The van der Waals surface area contributed by atoms with Crippen LogP contribution in [-0.2, 0) is 29.1 Å². The van der Waals surface area contributed by atoms with Crippen molar-refractivity contribution in [1.29, 1.82) is 0 Å². The van der Waals surface area contributed by atoms with Gasteiger partial charge in [0.15, 0.2) is 5.89 Å². The molecular formula is C20H24N4O3. The van der Waals surface area contributed by atoms with Gasteiger partial charge in [0.1, 0.15) is 11.5 Å². The largest absolute Gasteiger partial charge is 0.445 e. The maximum Gasteiger partial charge on any atom is 0.228 e. The number of carbonyl (C=O) groups excluding carboxylic acids is 2. The Kier molecular flexibility index (Phi) is 4.68. The molecule has 1 atom stereocenters. The zero-order valence-corrected chi connectivity index (χ0v) is 15.7. The molecule has 4 rings (SSSR count). The van der Waals surface area contributed by atoms with Crippen LogP contribution in [0, 0.1) is 5.92 Å². The summed E-state index contributed by atoms with van der Waals surface area (Å²) in [6, 6.07) is 3.80. The van der Waals surface area contributed by atoms with E-state index < -0.39 is 0 Å². The third-order valence-corrected chi connectivity index (χ3v) is 5.21. The minimum Gasteiger partial charge on any atom is -0.445 e. The van der Waals surface area contributed by atoms with Crippen molar-refractivity contribution < 1.29 is 14.0 Å². The Balaban J connectivity index is 1.40. The van der Waals surface area contributed by atoms with Crippen LogP contribution < -0.4 is 0 Å². The van der Waals surface area contributed by atoms with Crippen molar-refractivity contribution in [2.45, 2.75) is 45.7 Å². The topological polar surface area (TPSA) is 79.5 Å². The molecule has 2 aromatic heterocycles. The summed E-state index contributed by atoms with van der Waals surface area (Å²) in [5, 5.41) is 0. The normalized spacial score (nSPS) is 19.7. The number of nitrogens with zero attached hydrogens (tertiary/aromatic N) is 4. The molecule has 7 heteroatoms. The van der Waals surface area contributed by atoms with Gasteiger partial charge in [-0.2, -0.15) is 0 Å². The molecule has 0 aromatic carbocycles. The third-order valence-electron chi connectivity index (χ3n) is 5.21. The lowest BCUT2D eigenvalue weighted by molar-refractivity contribution is -0.136. The second-order valence-electron chi connectivity index (χ2n) is 7.62. The fourth-order valence-electron chi connectivity index (χ4n) is 3.71. The number of rotatable bonds is 4. The van der Waals surface area contributed by atoms with Gasteiger partial charge in [-0.1, -0.05) is 19.9 Å². The molecule has 2 amide bonds. The lowest BCUT2D eigenvalue weighted by Gasteiger charge is -2.27. The van der Waals surface area contributed by atoms with Crippen molar-refractivity contribution in [1.82, 2.24) is 19.8 Å². The molecule has 0 N–H and O–H groups in total. The molecule has 0 saturated carbocycles. The van der Waals surface area contributed by atoms with Crippen LogP contribution in [0.15, 0.2) is 28.9 Å². The third kappa shape index (κ3) is 3.59. The van der Waals surface area contributed by atoms with E-state index in [0.717, 1.165) is 22.9 Å². The highest BCUT2D eigenvalue weighted by Crippen LogP contribution is 2.27. The van der Waals surface area contributed by atoms with E-state index in [0.29, 0.717) is 32.6 Å². The number of amides is 2. The van der Waals surface area contributed by atoms with Crippen LogP contribution in [0.4, 0.5) is 0 Å². The van der Waals surface area contributed by atoms with Crippen LogP contribution in [0.25, 0.3) is 0 Å². The van der Waals surface area contributed by atoms with E-state index in [9.17, 15) is 9.59 Å². The fraction of sp³-hybridized carbons (Fsp3) is 0.500. The predicted octanol–water partition coefficient (Wildman–Crippen LogP) is 2.13.